The predicted molar refractivity (Wildman–Crippen MR) is 50.8 cm³/mol. The van der Waals surface area contributed by atoms with E-state index in [1.54, 1.807) is 0 Å². The zero-order chi connectivity index (χ0) is 10.8. The number of esters is 1. The molecule has 0 radical (unpaired) electrons. The highest BCUT2D eigenvalue weighted by Gasteiger charge is 2.28. The Morgan fingerprint density at radius 3 is 2.93 bits per heavy atom. The lowest BCUT2D eigenvalue weighted by atomic mass is 10.2. The van der Waals surface area contributed by atoms with Crippen LogP contribution in [0.25, 0.3) is 0 Å². The Morgan fingerprint density at radius 2 is 2.33 bits per heavy atom. The number of nitrogens with two attached hydrogens (primary N) is 1. The molecule has 1 aliphatic heterocycles. The van der Waals surface area contributed by atoms with Crippen LogP contribution in [0.15, 0.2) is 18.2 Å². The van der Waals surface area contributed by atoms with Crippen LogP contribution in [-0.2, 0) is 9.53 Å². The fraction of sp³-hybridized carbons (Fsp3) is 0.300. The number of ether oxygens (including phenoxy) is 2. The van der Waals surface area contributed by atoms with Crippen LogP contribution in [0, 0.1) is 5.82 Å². The van der Waals surface area contributed by atoms with Crippen LogP contribution < -0.4 is 10.5 Å². The van der Waals surface area contributed by atoms with Crippen molar-refractivity contribution < 1.29 is 18.7 Å². The smallest absolute Gasteiger partial charge is 0.347 e. The minimum absolute atomic E-state index is 0.0522. The van der Waals surface area contributed by atoms with Gasteiger partial charge in [-0.25, -0.2) is 9.18 Å². The first-order valence-electron chi connectivity index (χ1n) is 4.55. The maximum atomic E-state index is 13.0. The average molecular weight is 211 g/mol. The third kappa shape index (κ3) is 2.01. The van der Waals surface area contributed by atoms with Crippen LogP contribution in [0.5, 0.6) is 5.75 Å². The van der Waals surface area contributed by atoms with Crippen molar-refractivity contribution in [2.75, 3.05) is 12.3 Å². The molecule has 0 spiro atoms. The largest absolute Gasteiger partial charge is 0.478 e. The van der Waals surface area contributed by atoms with Gasteiger partial charge in [-0.05, 0) is 12.1 Å². The molecule has 0 aliphatic carbocycles. The molecule has 2 N–H and O–H groups in total. The van der Waals surface area contributed by atoms with Crippen molar-refractivity contribution in [3.05, 3.63) is 24.0 Å². The number of nitrogen functional groups attached to an aromatic ring is 1. The second-order valence-electron chi connectivity index (χ2n) is 3.25. The van der Waals surface area contributed by atoms with Gasteiger partial charge in [0.25, 0.3) is 0 Å². The number of rotatable bonds is 2. The summed E-state index contributed by atoms with van der Waals surface area (Å²) in [5, 5.41) is 0. The molecule has 1 fully saturated rings. The van der Waals surface area contributed by atoms with E-state index in [0.717, 1.165) is 6.07 Å². The Balaban J connectivity index is 2.10. The van der Waals surface area contributed by atoms with Crippen LogP contribution in [0.1, 0.15) is 6.42 Å². The topological polar surface area (TPSA) is 61.6 Å². The highest BCUT2D eigenvalue weighted by atomic mass is 19.1. The molecule has 5 heteroatoms. The molecule has 2 rings (SSSR count). The summed E-state index contributed by atoms with van der Waals surface area (Å²) in [5.41, 5.74) is 5.35. The van der Waals surface area contributed by atoms with E-state index in [2.05, 4.69) is 0 Å². The number of hydrogen-bond acceptors (Lipinski definition) is 4. The van der Waals surface area contributed by atoms with Crippen molar-refractivity contribution in [3.63, 3.8) is 0 Å². The minimum atomic E-state index is -0.631. The van der Waals surface area contributed by atoms with Crippen molar-refractivity contribution in [2.45, 2.75) is 12.5 Å². The molecule has 4 nitrogen and oxygen atoms in total. The summed E-state index contributed by atoms with van der Waals surface area (Å²) >= 11 is 0. The van der Waals surface area contributed by atoms with Gasteiger partial charge in [0.2, 0.25) is 0 Å². The SMILES string of the molecule is Nc1ccc(OC2CCOC2=O)cc1F. The Hall–Kier alpha value is -1.78. The molecule has 1 unspecified atom stereocenters. The average Bonchev–Trinajstić information content (AvgIpc) is 2.59. The van der Waals surface area contributed by atoms with Crippen LogP contribution in [0.3, 0.4) is 0 Å². The van der Waals surface area contributed by atoms with Crippen molar-refractivity contribution in [2.24, 2.45) is 0 Å². The van der Waals surface area contributed by atoms with Gasteiger partial charge in [0, 0.05) is 12.5 Å². The van der Waals surface area contributed by atoms with Gasteiger partial charge in [-0.3, -0.25) is 0 Å². The van der Waals surface area contributed by atoms with E-state index in [0.29, 0.717) is 13.0 Å². The molecule has 1 saturated heterocycles. The molecule has 1 aromatic carbocycles. The maximum absolute atomic E-state index is 13.0. The second-order valence-corrected chi connectivity index (χ2v) is 3.25. The van der Waals surface area contributed by atoms with Crippen LogP contribution in [0.4, 0.5) is 10.1 Å². The normalized spacial score (nSPS) is 20.1. The number of hydrogen-bond donors (Lipinski definition) is 1. The lowest BCUT2D eigenvalue weighted by Crippen LogP contribution is -2.21. The number of carbonyl (C=O) groups is 1. The standard InChI is InChI=1S/C10H10FNO3/c11-7-5-6(1-2-8(7)12)15-9-3-4-14-10(9)13/h1-2,5,9H,3-4,12H2. The second kappa shape index (κ2) is 3.76. The van der Waals surface area contributed by atoms with Crippen molar-refractivity contribution in [1.29, 1.82) is 0 Å². The van der Waals surface area contributed by atoms with Gasteiger partial charge >= 0.3 is 5.97 Å². The van der Waals surface area contributed by atoms with E-state index in [1.807, 2.05) is 0 Å². The van der Waals surface area contributed by atoms with Crippen LogP contribution in [0.2, 0.25) is 0 Å². The van der Waals surface area contributed by atoms with Crippen molar-refractivity contribution >= 4 is 11.7 Å². The third-order valence-electron chi connectivity index (χ3n) is 2.14. The van der Waals surface area contributed by atoms with Gasteiger partial charge in [-0.15, -0.1) is 0 Å². The van der Waals surface area contributed by atoms with Gasteiger partial charge < -0.3 is 15.2 Å². The molecule has 0 bridgehead atoms. The number of halogens is 1. The summed E-state index contributed by atoms with van der Waals surface area (Å²) in [4.78, 5) is 11.1. The summed E-state index contributed by atoms with van der Waals surface area (Å²) in [6.07, 6.45) is -0.141. The van der Waals surface area contributed by atoms with E-state index < -0.39 is 17.9 Å². The summed E-state index contributed by atoms with van der Waals surface area (Å²) in [5.74, 6) is -0.684. The molecule has 0 amide bonds. The first-order valence-corrected chi connectivity index (χ1v) is 4.55. The maximum Gasteiger partial charge on any atom is 0.347 e. The van der Waals surface area contributed by atoms with E-state index in [4.69, 9.17) is 15.2 Å². The number of cyclic esters (lactones) is 1. The lowest BCUT2D eigenvalue weighted by molar-refractivity contribution is -0.143. The monoisotopic (exact) mass is 211 g/mol. The summed E-state index contributed by atoms with van der Waals surface area (Å²) < 4.78 is 23.0. The Labute approximate surface area is 85.8 Å². The first-order chi connectivity index (χ1) is 7.16. The highest BCUT2D eigenvalue weighted by Crippen LogP contribution is 2.21. The lowest BCUT2D eigenvalue weighted by Gasteiger charge is -2.10. The summed E-state index contributed by atoms with van der Waals surface area (Å²) in [7, 11) is 0. The number of carbonyl (C=O) groups excluding carboxylic acids is 1. The van der Waals surface area contributed by atoms with E-state index in [1.165, 1.54) is 12.1 Å². The summed E-state index contributed by atoms with van der Waals surface area (Å²) in [6, 6.07) is 4.07. The molecule has 1 aliphatic rings. The Kier molecular flexibility index (Phi) is 2.45. The molecule has 80 valence electrons. The molecular formula is C10H10FNO3. The van der Waals surface area contributed by atoms with E-state index in [9.17, 15) is 9.18 Å². The molecule has 0 aromatic heterocycles. The Bertz CT molecular complexity index is 394. The van der Waals surface area contributed by atoms with Gasteiger partial charge in [0.05, 0.1) is 12.3 Å². The highest BCUT2D eigenvalue weighted by molar-refractivity contribution is 5.76. The van der Waals surface area contributed by atoms with Gasteiger partial charge in [0.15, 0.2) is 6.10 Å². The molecule has 1 aromatic rings. The third-order valence-corrected chi connectivity index (χ3v) is 2.14. The zero-order valence-corrected chi connectivity index (χ0v) is 7.90. The molecule has 1 atom stereocenters. The number of benzene rings is 1. The molecule has 0 saturated carbocycles. The van der Waals surface area contributed by atoms with Crippen LogP contribution >= 0.6 is 0 Å². The Morgan fingerprint density at radius 1 is 1.53 bits per heavy atom. The number of anilines is 1. The minimum Gasteiger partial charge on any atom is -0.478 e. The zero-order valence-electron chi connectivity index (χ0n) is 7.90. The van der Waals surface area contributed by atoms with Gasteiger partial charge in [0.1, 0.15) is 11.6 Å². The molecular weight excluding hydrogens is 201 g/mol. The van der Waals surface area contributed by atoms with Crippen LogP contribution in [-0.4, -0.2) is 18.7 Å². The fourth-order valence-electron chi connectivity index (χ4n) is 1.33. The van der Waals surface area contributed by atoms with Crippen molar-refractivity contribution in [3.8, 4) is 5.75 Å². The predicted octanol–water partition coefficient (Wildman–Crippen LogP) is 1.10. The van der Waals surface area contributed by atoms with E-state index >= 15 is 0 Å². The summed E-state index contributed by atoms with van der Waals surface area (Å²) in [6.45, 7) is 0.348. The van der Waals surface area contributed by atoms with E-state index in [-0.39, 0.29) is 11.4 Å². The quantitative estimate of drug-likeness (QED) is 0.587. The van der Waals surface area contributed by atoms with Gasteiger partial charge in [-0.2, -0.15) is 0 Å². The molecule has 15 heavy (non-hydrogen) atoms. The first kappa shape index (κ1) is 9.76. The van der Waals surface area contributed by atoms with Crippen molar-refractivity contribution in [1.82, 2.24) is 0 Å². The van der Waals surface area contributed by atoms with Gasteiger partial charge in [-0.1, -0.05) is 0 Å². The fourth-order valence-corrected chi connectivity index (χ4v) is 1.33. The molecule has 1 heterocycles.